The molecule has 134 valence electrons. The summed E-state index contributed by atoms with van der Waals surface area (Å²) in [4.78, 5) is 17.0. The van der Waals surface area contributed by atoms with Crippen molar-refractivity contribution < 1.29 is 4.79 Å². The molecule has 1 saturated heterocycles. The van der Waals surface area contributed by atoms with Crippen molar-refractivity contribution in [3.63, 3.8) is 0 Å². The highest BCUT2D eigenvalue weighted by atomic mass is 35.5. The molecule has 7 heteroatoms. The van der Waals surface area contributed by atoms with Crippen molar-refractivity contribution in [2.24, 2.45) is 7.05 Å². The molecule has 2 aromatic rings. The van der Waals surface area contributed by atoms with Gasteiger partial charge in [0.15, 0.2) is 0 Å². The summed E-state index contributed by atoms with van der Waals surface area (Å²) < 4.78 is 1.54. The van der Waals surface area contributed by atoms with Crippen molar-refractivity contribution in [2.45, 2.75) is 19.9 Å². The lowest BCUT2D eigenvalue weighted by Gasteiger charge is -2.38. The number of rotatable bonds is 3. The number of hydrogen-bond acceptors (Lipinski definition) is 3. The van der Waals surface area contributed by atoms with Crippen LogP contribution in [0.1, 0.15) is 34.6 Å². The van der Waals surface area contributed by atoms with Crippen molar-refractivity contribution >= 4 is 29.1 Å². The number of nitrogens with zero attached hydrogens (tertiary/aromatic N) is 4. The van der Waals surface area contributed by atoms with Crippen LogP contribution in [0.4, 0.5) is 0 Å². The second-order valence-electron chi connectivity index (χ2n) is 6.40. The molecular weight excluding hydrogens is 359 g/mol. The fourth-order valence-electron chi connectivity index (χ4n) is 3.35. The fourth-order valence-corrected chi connectivity index (χ4v) is 3.90. The van der Waals surface area contributed by atoms with Crippen LogP contribution in [0.25, 0.3) is 0 Å². The summed E-state index contributed by atoms with van der Waals surface area (Å²) in [6.07, 6.45) is 0. The maximum absolute atomic E-state index is 12.8. The van der Waals surface area contributed by atoms with E-state index < -0.39 is 0 Å². The van der Waals surface area contributed by atoms with Crippen LogP contribution in [-0.2, 0) is 7.05 Å². The van der Waals surface area contributed by atoms with Gasteiger partial charge in [0.25, 0.3) is 5.91 Å². The molecule has 3 rings (SSSR count). The number of aromatic nitrogens is 2. The highest BCUT2D eigenvalue weighted by Crippen LogP contribution is 2.28. The summed E-state index contributed by atoms with van der Waals surface area (Å²) in [6, 6.07) is 8.14. The van der Waals surface area contributed by atoms with Gasteiger partial charge in [-0.15, -0.1) is 0 Å². The van der Waals surface area contributed by atoms with Crippen molar-refractivity contribution in [3.8, 4) is 0 Å². The first-order chi connectivity index (χ1) is 11.9. The van der Waals surface area contributed by atoms with Gasteiger partial charge in [0.05, 0.1) is 11.3 Å². The second kappa shape index (κ2) is 7.36. The zero-order valence-corrected chi connectivity index (χ0v) is 16.2. The smallest absolute Gasteiger partial charge is 0.258 e. The average Bonchev–Trinajstić information content (AvgIpc) is 2.86. The van der Waals surface area contributed by atoms with Gasteiger partial charge in [0.2, 0.25) is 0 Å². The molecule has 1 unspecified atom stereocenters. The van der Waals surface area contributed by atoms with Crippen molar-refractivity contribution in [1.82, 2.24) is 19.6 Å². The van der Waals surface area contributed by atoms with Crippen LogP contribution < -0.4 is 0 Å². The van der Waals surface area contributed by atoms with E-state index in [1.807, 2.05) is 30.0 Å². The molecule has 0 bridgehead atoms. The van der Waals surface area contributed by atoms with E-state index in [1.165, 1.54) is 0 Å². The Hall–Kier alpha value is -1.56. The zero-order valence-electron chi connectivity index (χ0n) is 14.7. The largest absolute Gasteiger partial charge is 0.336 e. The Morgan fingerprint density at radius 3 is 2.36 bits per heavy atom. The fraction of sp³-hybridized carbons (Fsp3) is 0.444. The standard InChI is InChI=1S/C18H22Cl2N4O/c1-12-16(17(20)22(3)21-12)18(25)24-10-8-23(9-11-24)13(2)14-6-4-5-7-15(14)19/h4-7,13H,8-11H2,1-3H3. The normalized spacial score (nSPS) is 16.9. The lowest BCUT2D eigenvalue weighted by molar-refractivity contribution is 0.0581. The molecule has 1 aromatic carbocycles. The summed E-state index contributed by atoms with van der Waals surface area (Å²) in [5.74, 6) is -0.0411. The minimum absolute atomic E-state index is 0.0411. The number of carbonyl (C=O) groups is 1. The second-order valence-corrected chi connectivity index (χ2v) is 7.17. The topological polar surface area (TPSA) is 41.4 Å². The summed E-state index contributed by atoms with van der Waals surface area (Å²) in [6.45, 7) is 6.90. The Kier molecular flexibility index (Phi) is 5.37. The Morgan fingerprint density at radius 1 is 1.16 bits per heavy atom. The van der Waals surface area contributed by atoms with Crippen LogP contribution in [0, 0.1) is 6.92 Å². The molecular formula is C18H22Cl2N4O. The monoisotopic (exact) mass is 380 g/mol. The van der Waals surface area contributed by atoms with E-state index in [9.17, 15) is 4.79 Å². The molecule has 0 spiro atoms. The van der Waals surface area contributed by atoms with Crippen molar-refractivity contribution in [3.05, 3.63) is 51.3 Å². The molecule has 25 heavy (non-hydrogen) atoms. The van der Waals surface area contributed by atoms with E-state index in [-0.39, 0.29) is 11.9 Å². The van der Waals surface area contributed by atoms with Gasteiger partial charge >= 0.3 is 0 Å². The van der Waals surface area contributed by atoms with Gasteiger partial charge < -0.3 is 4.90 Å². The Labute approximate surface area is 158 Å². The van der Waals surface area contributed by atoms with E-state index in [2.05, 4.69) is 23.0 Å². The summed E-state index contributed by atoms with van der Waals surface area (Å²) in [5, 5.41) is 5.41. The summed E-state index contributed by atoms with van der Waals surface area (Å²) in [5.41, 5.74) is 2.30. The van der Waals surface area contributed by atoms with E-state index in [0.29, 0.717) is 29.5 Å². The first-order valence-electron chi connectivity index (χ1n) is 8.37. The first kappa shape index (κ1) is 18.2. The molecule has 1 fully saturated rings. The Morgan fingerprint density at radius 2 is 1.80 bits per heavy atom. The summed E-state index contributed by atoms with van der Waals surface area (Å²) in [7, 11) is 1.75. The molecule has 1 atom stereocenters. The first-order valence-corrected chi connectivity index (χ1v) is 9.12. The third-order valence-electron chi connectivity index (χ3n) is 4.87. The number of halogens is 2. The lowest BCUT2D eigenvalue weighted by Crippen LogP contribution is -2.49. The quantitative estimate of drug-likeness (QED) is 0.817. The van der Waals surface area contributed by atoms with Crippen LogP contribution in [0.2, 0.25) is 10.2 Å². The van der Waals surface area contributed by atoms with Crippen molar-refractivity contribution in [2.75, 3.05) is 26.2 Å². The van der Waals surface area contributed by atoms with Crippen LogP contribution in [-0.4, -0.2) is 51.7 Å². The number of benzene rings is 1. The van der Waals surface area contributed by atoms with Gasteiger partial charge in [-0.1, -0.05) is 41.4 Å². The molecule has 0 saturated carbocycles. The van der Waals surface area contributed by atoms with E-state index in [4.69, 9.17) is 23.2 Å². The van der Waals surface area contributed by atoms with Gasteiger partial charge in [-0.25, -0.2) is 0 Å². The maximum Gasteiger partial charge on any atom is 0.258 e. The van der Waals surface area contributed by atoms with Gasteiger partial charge in [-0.05, 0) is 25.5 Å². The molecule has 0 radical (unpaired) electrons. The van der Waals surface area contributed by atoms with E-state index in [1.54, 1.807) is 11.7 Å². The van der Waals surface area contributed by atoms with Crippen LogP contribution >= 0.6 is 23.2 Å². The van der Waals surface area contributed by atoms with E-state index >= 15 is 0 Å². The summed E-state index contributed by atoms with van der Waals surface area (Å²) >= 11 is 12.6. The molecule has 1 aromatic heterocycles. The Bertz CT molecular complexity index is 781. The molecule has 1 amide bonds. The molecule has 1 aliphatic heterocycles. The lowest BCUT2D eigenvalue weighted by atomic mass is 10.1. The highest BCUT2D eigenvalue weighted by molar-refractivity contribution is 6.33. The minimum Gasteiger partial charge on any atom is -0.336 e. The van der Waals surface area contributed by atoms with Gasteiger partial charge in [0.1, 0.15) is 5.15 Å². The molecule has 0 aliphatic carbocycles. The van der Waals surface area contributed by atoms with Crippen molar-refractivity contribution in [1.29, 1.82) is 0 Å². The molecule has 1 aliphatic rings. The van der Waals surface area contributed by atoms with Gasteiger partial charge in [-0.3, -0.25) is 14.4 Å². The van der Waals surface area contributed by atoms with Gasteiger partial charge in [0, 0.05) is 44.3 Å². The third-order valence-corrected chi connectivity index (χ3v) is 5.65. The predicted molar refractivity (Wildman–Crippen MR) is 100 cm³/mol. The number of aryl methyl sites for hydroxylation is 2. The van der Waals surface area contributed by atoms with Gasteiger partial charge in [-0.2, -0.15) is 5.10 Å². The predicted octanol–water partition coefficient (Wildman–Crippen LogP) is 3.55. The number of piperazine rings is 1. The third kappa shape index (κ3) is 3.54. The Balaban J connectivity index is 1.68. The number of carbonyl (C=O) groups excluding carboxylic acids is 1. The molecule has 0 N–H and O–H groups in total. The highest BCUT2D eigenvalue weighted by Gasteiger charge is 2.29. The van der Waals surface area contributed by atoms with E-state index in [0.717, 1.165) is 23.7 Å². The molecule has 2 heterocycles. The molecule has 5 nitrogen and oxygen atoms in total. The minimum atomic E-state index is -0.0411. The average molecular weight is 381 g/mol. The zero-order chi connectivity index (χ0) is 18.1. The SMILES string of the molecule is Cc1nn(C)c(Cl)c1C(=O)N1CCN(C(C)c2ccccc2Cl)CC1. The van der Waals surface area contributed by atoms with Crippen LogP contribution in [0.15, 0.2) is 24.3 Å². The number of hydrogen-bond donors (Lipinski definition) is 0. The van der Waals surface area contributed by atoms with Crippen LogP contribution in [0.5, 0.6) is 0 Å². The van der Waals surface area contributed by atoms with Crippen LogP contribution in [0.3, 0.4) is 0 Å². The maximum atomic E-state index is 12.8. The number of amides is 1.